The molecule has 3 heteroatoms. The van der Waals surface area contributed by atoms with Gasteiger partial charge in [-0.3, -0.25) is 0 Å². The Balaban J connectivity index is 2.30. The minimum atomic E-state index is 0.486. The van der Waals surface area contributed by atoms with Gasteiger partial charge in [0.15, 0.2) is 0 Å². The zero-order chi connectivity index (χ0) is 6.69. The molecule has 0 amide bonds. The molecule has 0 saturated carbocycles. The number of hydrogen-bond acceptors (Lipinski definition) is 3. The molecule has 1 aliphatic rings. The van der Waals surface area contributed by atoms with Crippen LogP contribution < -0.4 is 5.32 Å². The summed E-state index contributed by atoms with van der Waals surface area (Å²) in [4.78, 5) is 0. The van der Waals surface area contributed by atoms with Crippen molar-refractivity contribution in [1.29, 1.82) is 0 Å². The summed E-state index contributed by atoms with van der Waals surface area (Å²) in [6, 6.07) is 0.486. The van der Waals surface area contributed by atoms with Crippen LogP contribution in [0.25, 0.3) is 0 Å². The van der Waals surface area contributed by atoms with Gasteiger partial charge in [0, 0.05) is 6.04 Å². The van der Waals surface area contributed by atoms with Gasteiger partial charge in [-0.25, -0.2) is 0 Å². The lowest BCUT2D eigenvalue weighted by Crippen LogP contribution is -2.22. The van der Waals surface area contributed by atoms with Crippen molar-refractivity contribution in [3.63, 3.8) is 0 Å². The lowest BCUT2D eigenvalue weighted by atomic mass is 10.3. The van der Waals surface area contributed by atoms with Crippen molar-refractivity contribution >= 4 is 0 Å². The highest BCUT2D eigenvalue weighted by Crippen LogP contribution is 2.01. The van der Waals surface area contributed by atoms with E-state index in [4.69, 9.17) is 0 Å². The normalized spacial score (nSPS) is 16.6. The second-order valence-electron chi connectivity index (χ2n) is 2.37. The summed E-state index contributed by atoms with van der Waals surface area (Å²) in [6.07, 6.45) is 1.76. The van der Waals surface area contributed by atoms with Gasteiger partial charge in [0.05, 0.1) is 11.9 Å². The first-order valence-electron chi connectivity index (χ1n) is 3.11. The quantitative estimate of drug-likeness (QED) is 0.593. The van der Waals surface area contributed by atoms with Gasteiger partial charge < -0.3 is 5.32 Å². The van der Waals surface area contributed by atoms with Gasteiger partial charge in [-0.05, 0) is 13.8 Å². The van der Waals surface area contributed by atoms with Crippen molar-refractivity contribution in [2.75, 3.05) is 6.54 Å². The summed E-state index contributed by atoms with van der Waals surface area (Å²) in [6.45, 7) is 4.91. The molecule has 1 rings (SSSR count). The topological polar surface area (TPSA) is 36.8 Å². The van der Waals surface area contributed by atoms with Gasteiger partial charge >= 0.3 is 0 Å². The smallest absolute Gasteiger partial charge is 0.102 e. The fraction of sp³-hybridized carbons (Fsp3) is 0.667. The Hall–Kier alpha value is -0.860. The minimum Gasteiger partial charge on any atom is -0.383 e. The minimum absolute atomic E-state index is 0.486. The molecule has 0 spiro atoms. The Labute approximate surface area is 54.9 Å². The van der Waals surface area contributed by atoms with E-state index in [9.17, 15) is 0 Å². The summed E-state index contributed by atoms with van der Waals surface area (Å²) in [5.74, 6) is 0. The molecule has 0 saturated heterocycles. The van der Waals surface area contributed by atoms with E-state index in [0.717, 1.165) is 12.2 Å². The molecule has 3 nitrogen and oxygen atoms in total. The van der Waals surface area contributed by atoms with Crippen LogP contribution >= 0.6 is 0 Å². The predicted octanol–water partition coefficient (Wildman–Crippen LogP) is 1.29. The third-order valence-corrected chi connectivity index (χ3v) is 1.01. The highest BCUT2D eigenvalue weighted by atomic mass is 15.2. The molecule has 0 aliphatic carbocycles. The van der Waals surface area contributed by atoms with Gasteiger partial charge in [-0.2, -0.15) is 10.2 Å². The largest absolute Gasteiger partial charge is 0.383 e. The monoisotopic (exact) mass is 125 g/mol. The Kier molecular flexibility index (Phi) is 1.82. The number of nitrogens with one attached hydrogen (secondary N) is 1. The van der Waals surface area contributed by atoms with E-state index in [1.807, 2.05) is 0 Å². The van der Waals surface area contributed by atoms with Crippen LogP contribution in [-0.4, -0.2) is 12.6 Å². The second-order valence-corrected chi connectivity index (χ2v) is 2.37. The molecule has 0 bridgehead atoms. The molecule has 0 fully saturated rings. The van der Waals surface area contributed by atoms with Crippen LogP contribution in [-0.2, 0) is 0 Å². The van der Waals surface area contributed by atoms with Crippen LogP contribution in [0.5, 0.6) is 0 Å². The van der Waals surface area contributed by atoms with Gasteiger partial charge in [-0.1, -0.05) is 0 Å². The molecule has 0 aromatic heterocycles. The van der Waals surface area contributed by atoms with E-state index >= 15 is 0 Å². The molecule has 1 heterocycles. The molecule has 0 radical (unpaired) electrons. The van der Waals surface area contributed by atoms with Crippen molar-refractivity contribution in [3.05, 3.63) is 11.9 Å². The van der Waals surface area contributed by atoms with Crippen LogP contribution in [0.4, 0.5) is 0 Å². The van der Waals surface area contributed by atoms with Crippen LogP contribution in [0, 0.1) is 0 Å². The highest BCUT2D eigenvalue weighted by Gasteiger charge is 2.00. The number of azo groups is 1. The lowest BCUT2D eigenvalue weighted by Gasteiger charge is -2.07. The zero-order valence-electron chi connectivity index (χ0n) is 5.76. The van der Waals surface area contributed by atoms with Crippen LogP contribution in [0.3, 0.4) is 0 Å². The summed E-state index contributed by atoms with van der Waals surface area (Å²) >= 11 is 0. The van der Waals surface area contributed by atoms with Crippen molar-refractivity contribution < 1.29 is 0 Å². The van der Waals surface area contributed by atoms with Gasteiger partial charge in [0.2, 0.25) is 0 Å². The fourth-order valence-electron chi connectivity index (χ4n) is 0.722. The van der Waals surface area contributed by atoms with Crippen molar-refractivity contribution in [3.8, 4) is 0 Å². The SMILES string of the molecule is CC(C)NC1=CN=NC1. The zero-order valence-corrected chi connectivity index (χ0v) is 5.76. The third-order valence-electron chi connectivity index (χ3n) is 1.01. The second kappa shape index (κ2) is 2.62. The molecule has 0 aromatic carbocycles. The molecular formula is C6H11N3. The van der Waals surface area contributed by atoms with Crippen molar-refractivity contribution in [2.24, 2.45) is 10.2 Å². The molecule has 0 aromatic rings. The third kappa shape index (κ3) is 1.83. The number of hydrogen-bond donors (Lipinski definition) is 1. The molecule has 1 aliphatic heterocycles. The molecule has 1 N–H and O–H groups in total. The summed E-state index contributed by atoms with van der Waals surface area (Å²) in [7, 11) is 0. The first-order valence-corrected chi connectivity index (χ1v) is 3.11. The Morgan fingerprint density at radius 1 is 1.67 bits per heavy atom. The average Bonchev–Trinajstić information content (AvgIpc) is 2.15. The van der Waals surface area contributed by atoms with E-state index in [1.165, 1.54) is 0 Å². The first kappa shape index (κ1) is 6.26. The van der Waals surface area contributed by atoms with Crippen molar-refractivity contribution in [2.45, 2.75) is 19.9 Å². The van der Waals surface area contributed by atoms with E-state index in [2.05, 4.69) is 29.4 Å². The van der Waals surface area contributed by atoms with E-state index < -0.39 is 0 Å². The molecule has 0 unspecified atom stereocenters. The maximum absolute atomic E-state index is 3.79. The summed E-state index contributed by atoms with van der Waals surface area (Å²) in [5, 5.41) is 10.7. The summed E-state index contributed by atoms with van der Waals surface area (Å²) < 4.78 is 0. The van der Waals surface area contributed by atoms with Crippen molar-refractivity contribution in [1.82, 2.24) is 5.32 Å². The molecular weight excluding hydrogens is 114 g/mol. The highest BCUT2D eigenvalue weighted by molar-refractivity contribution is 5.04. The van der Waals surface area contributed by atoms with Gasteiger partial charge in [0.25, 0.3) is 0 Å². The van der Waals surface area contributed by atoms with Crippen LogP contribution in [0.1, 0.15) is 13.8 Å². The van der Waals surface area contributed by atoms with Gasteiger partial charge in [0.1, 0.15) is 6.54 Å². The Morgan fingerprint density at radius 3 is 2.89 bits per heavy atom. The number of nitrogens with zero attached hydrogens (tertiary/aromatic N) is 2. The van der Waals surface area contributed by atoms with E-state index in [0.29, 0.717) is 6.04 Å². The molecule has 0 atom stereocenters. The van der Waals surface area contributed by atoms with Gasteiger partial charge in [-0.15, -0.1) is 0 Å². The van der Waals surface area contributed by atoms with E-state index in [1.54, 1.807) is 6.20 Å². The molecule has 9 heavy (non-hydrogen) atoms. The standard InChI is InChI=1S/C6H11N3/c1-5(2)9-6-3-7-8-4-6/h3,5,9H,4H2,1-2H3. The van der Waals surface area contributed by atoms with E-state index in [-0.39, 0.29) is 0 Å². The Bertz CT molecular complexity index is 146. The average molecular weight is 125 g/mol. The lowest BCUT2D eigenvalue weighted by molar-refractivity contribution is 0.663. The molecule has 50 valence electrons. The maximum atomic E-state index is 3.79. The summed E-state index contributed by atoms with van der Waals surface area (Å²) in [5.41, 5.74) is 1.12. The van der Waals surface area contributed by atoms with Crippen LogP contribution in [0.2, 0.25) is 0 Å². The predicted molar refractivity (Wildman–Crippen MR) is 36.1 cm³/mol. The Morgan fingerprint density at radius 2 is 2.44 bits per heavy atom. The fourth-order valence-corrected chi connectivity index (χ4v) is 0.722. The number of rotatable bonds is 2. The van der Waals surface area contributed by atoms with Crippen LogP contribution in [0.15, 0.2) is 22.1 Å². The first-order chi connectivity index (χ1) is 4.29. The maximum Gasteiger partial charge on any atom is 0.102 e.